The van der Waals surface area contributed by atoms with Crippen molar-refractivity contribution in [3.63, 3.8) is 0 Å². The van der Waals surface area contributed by atoms with E-state index < -0.39 is 24.0 Å². The molecule has 0 spiro atoms. The second kappa shape index (κ2) is 5.37. The van der Waals surface area contributed by atoms with Crippen molar-refractivity contribution in [2.45, 2.75) is 52.1 Å². The fourth-order valence-corrected chi connectivity index (χ4v) is 1.93. The normalized spacial score (nSPS) is 12.9. The molecule has 0 bridgehead atoms. The average molecular weight is 226 g/mol. The molecule has 0 aromatic carbocycles. The number of carboxylic acid groups (broad SMARTS) is 1. The summed E-state index contributed by atoms with van der Waals surface area (Å²) in [6.45, 7) is 3.40. The van der Waals surface area contributed by atoms with Gasteiger partial charge in [0.15, 0.2) is 0 Å². The van der Waals surface area contributed by atoms with Gasteiger partial charge in [-0.15, -0.1) is 0 Å². The number of carbonyl (C=O) groups is 1. The molecule has 1 N–H and O–H groups in total. The van der Waals surface area contributed by atoms with Crippen LogP contribution in [0.3, 0.4) is 0 Å². The Morgan fingerprint density at radius 1 is 1.13 bits per heavy atom. The third-order valence-electron chi connectivity index (χ3n) is 2.45. The van der Waals surface area contributed by atoms with Crippen molar-refractivity contribution in [2.75, 3.05) is 0 Å². The van der Waals surface area contributed by atoms with Crippen LogP contribution < -0.4 is 0 Å². The van der Waals surface area contributed by atoms with Crippen LogP contribution >= 0.6 is 0 Å². The first kappa shape index (κ1) is 14.3. The van der Waals surface area contributed by atoms with Gasteiger partial charge < -0.3 is 5.11 Å². The molecule has 2 nitrogen and oxygen atoms in total. The topological polar surface area (TPSA) is 37.3 Å². The lowest BCUT2D eigenvalue weighted by Crippen LogP contribution is -2.36. The van der Waals surface area contributed by atoms with Gasteiger partial charge in [-0.25, -0.2) is 0 Å². The Hall–Kier alpha value is -0.740. The van der Waals surface area contributed by atoms with Crippen molar-refractivity contribution in [3.8, 4) is 0 Å². The highest BCUT2D eigenvalue weighted by Gasteiger charge is 2.46. The molecule has 15 heavy (non-hydrogen) atoms. The van der Waals surface area contributed by atoms with E-state index in [0.717, 1.165) is 0 Å². The summed E-state index contributed by atoms with van der Waals surface area (Å²) in [7, 11) is 0. The van der Waals surface area contributed by atoms with Crippen LogP contribution in [0.1, 0.15) is 46.0 Å². The molecule has 0 atom stereocenters. The Morgan fingerprint density at radius 3 is 1.73 bits per heavy atom. The molecule has 0 rings (SSSR count). The largest absolute Gasteiger partial charge is 0.481 e. The van der Waals surface area contributed by atoms with Crippen molar-refractivity contribution in [1.82, 2.24) is 0 Å². The molecule has 0 aliphatic carbocycles. The van der Waals surface area contributed by atoms with E-state index >= 15 is 0 Å². The minimum atomic E-state index is -4.41. The molecule has 0 amide bonds. The minimum absolute atomic E-state index is 0.0791. The molecular formula is C10H17F3O2. The van der Waals surface area contributed by atoms with E-state index in [2.05, 4.69) is 0 Å². The van der Waals surface area contributed by atoms with Crippen LogP contribution in [0, 0.1) is 5.41 Å². The SMILES string of the molecule is CCCC(CCC)(CC(F)(F)F)C(=O)O. The smallest absolute Gasteiger partial charge is 0.390 e. The molecule has 0 heterocycles. The van der Waals surface area contributed by atoms with Crippen LogP contribution in [0.2, 0.25) is 0 Å². The van der Waals surface area contributed by atoms with Crippen molar-refractivity contribution in [1.29, 1.82) is 0 Å². The van der Waals surface area contributed by atoms with Crippen molar-refractivity contribution < 1.29 is 23.1 Å². The quantitative estimate of drug-likeness (QED) is 0.751. The van der Waals surface area contributed by atoms with Gasteiger partial charge in [-0.1, -0.05) is 26.7 Å². The second-order valence-corrected chi connectivity index (χ2v) is 3.88. The van der Waals surface area contributed by atoms with Gasteiger partial charge in [-0.3, -0.25) is 4.79 Å². The Labute approximate surface area is 87.5 Å². The Bertz CT molecular complexity index is 205. The number of alkyl halides is 3. The maximum absolute atomic E-state index is 12.3. The van der Waals surface area contributed by atoms with E-state index in [9.17, 15) is 18.0 Å². The summed E-state index contributed by atoms with van der Waals surface area (Å²) in [4.78, 5) is 11.0. The first-order chi connectivity index (χ1) is 6.77. The third kappa shape index (κ3) is 4.53. The van der Waals surface area contributed by atoms with Crippen molar-refractivity contribution in [3.05, 3.63) is 0 Å². The van der Waals surface area contributed by atoms with E-state index in [1.54, 1.807) is 13.8 Å². The lowest BCUT2D eigenvalue weighted by atomic mass is 9.76. The Balaban J connectivity index is 4.86. The summed E-state index contributed by atoms with van der Waals surface area (Å²) in [6, 6.07) is 0. The van der Waals surface area contributed by atoms with Gasteiger partial charge in [0.25, 0.3) is 0 Å². The molecule has 0 aromatic heterocycles. The molecule has 0 aliphatic heterocycles. The van der Waals surface area contributed by atoms with Crippen LogP contribution in [-0.2, 0) is 4.79 Å². The maximum Gasteiger partial charge on any atom is 0.390 e. The second-order valence-electron chi connectivity index (χ2n) is 3.88. The number of rotatable bonds is 6. The van der Waals surface area contributed by atoms with E-state index in [1.165, 1.54) is 0 Å². The molecule has 5 heteroatoms. The zero-order valence-electron chi connectivity index (χ0n) is 9.02. The van der Waals surface area contributed by atoms with Crippen molar-refractivity contribution >= 4 is 5.97 Å². The molecule has 0 aromatic rings. The number of hydrogen-bond acceptors (Lipinski definition) is 1. The molecule has 0 saturated heterocycles. The summed E-state index contributed by atoms with van der Waals surface area (Å²) >= 11 is 0. The monoisotopic (exact) mass is 226 g/mol. The number of hydrogen-bond donors (Lipinski definition) is 1. The lowest BCUT2D eigenvalue weighted by molar-refractivity contribution is -0.181. The Kier molecular flexibility index (Phi) is 5.11. The highest BCUT2D eigenvalue weighted by Crippen LogP contribution is 2.41. The minimum Gasteiger partial charge on any atom is -0.481 e. The molecule has 0 aliphatic rings. The van der Waals surface area contributed by atoms with Crippen molar-refractivity contribution in [2.24, 2.45) is 5.41 Å². The summed E-state index contributed by atoms with van der Waals surface area (Å²) in [5.41, 5.74) is -1.62. The summed E-state index contributed by atoms with van der Waals surface area (Å²) in [5, 5.41) is 8.95. The van der Waals surface area contributed by atoms with Gasteiger partial charge in [-0.2, -0.15) is 13.2 Å². The molecule has 0 saturated carbocycles. The van der Waals surface area contributed by atoms with Crippen LogP contribution in [0.25, 0.3) is 0 Å². The van der Waals surface area contributed by atoms with Gasteiger partial charge in [0.1, 0.15) is 0 Å². The molecule has 0 fully saturated rings. The van der Waals surface area contributed by atoms with E-state index in [-0.39, 0.29) is 12.8 Å². The fraction of sp³-hybridized carbons (Fsp3) is 0.900. The average Bonchev–Trinajstić information content (AvgIpc) is 2.01. The predicted molar refractivity (Wildman–Crippen MR) is 50.6 cm³/mol. The van der Waals surface area contributed by atoms with Gasteiger partial charge in [0, 0.05) is 0 Å². The maximum atomic E-state index is 12.3. The summed E-state index contributed by atoms with van der Waals surface area (Å²) < 4.78 is 36.9. The summed E-state index contributed by atoms with van der Waals surface area (Å²) in [6.07, 6.45) is -4.59. The first-order valence-electron chi connectivity index (χ1n) is 5.07. The molecule has 90 valence electrons. The van der Waals surface area contributed by atoms with Gasteiger partial charge in [0.05, 0.1) is 11.8 Å². The number of aliphatic carboxylic acids is 1. The van der Waals surface area contributed by atoms with Crippen LogP contribution in [-0.4, -0.2) is 17.3 Å². The first-order valence-corrected chi connectivity index (χ1v) is 5.07. The highest BCUT2D eigenvalue weighted by molar-refractivity contribution is 5.74. The molecular weight excluding hydrogens is 209 g/mol. The highest BCUT2D eigenvalue weighted by atomic mass is 19.4. The van der Waals surface area contributed by atoms with Gasteiger partial charge >= 0.3 is 12.1 Å². The van der Waals surface area contributed by atoms with E-state index in [4.69, 9.17) is 5.11 Å². The third-order valence-corrected chi connectivity index (χ3v) is 2.45. The Morgan fingerprint density at radius 2 is 1.53 bits per heavy atom. The summed E-state index contributed by atoms with van der Waals surface area (Å²) in [5.74, 6) is -1.33. The van der Waals surface area contributed by atoms with E-state index in [1.807, 2.05) is 0 Å². The zero-order valence-corrected chi connectivity index (χ0v) is 9.02. The predicted octanol–water partition coefficient (Wildman–Crippen LogP) is 3.61. The fourth-order valence-electron chi connectivity index (χ4n) is 1.93. The van der Waals surface area contributed by atoms with Gasteiger partial charge in [0.2, 0.25) is 0 Å². The van der Waals surface area contributed by atoms with Crippen LogP contribution in [0.5, 0.6) is 0 Å². The molecule has 0 radical (unpaired) electrons. The zero-order chi connectivity index (χ0) is 12.1. The number of halogens is 3. The van der Waals surface area contributed by atoms with E-state index in [0.29, 0.717) is 12.8 Å². The van der Waals surface area contributed by atoms with Crippen LogP contribution in [0.15, 0.2) is 0 Å². The van der Waals surface area contributed by atoms with Crippen LogP contribution in [0.4, 0.5) is 13.2 Å². The number of carboxylic acids is 1. The van der Waals surface area contributed by atoms with Gasteiger partial charge in [-0.05, 0) is 12.8 Å². The standard InChI is InChI=1S/C10H17F3O2/c1-3-5-9(6-4-2,8(14)15)7-10(11,12)13/h3-7H2,1-2H3,(H,14,15). The molecule has 0 unspecified atom stereocenters. The lowest BCUT2D eigenvalue weighted by Gasteiger charge is -2.29.